The zero-order chi connectivity index (χ0) is 16.1. The van der Waals surface area contributed by atoms with Crippen LogP contribution in [0, 0.1) is 11.3 Å². The Hall–Kier alpha value is -2.75. The van der Waals surface area contributed by atoms with Crippen molar-refractivity contribution in [2.75, 3.05) is 23.3 Å². The Morgan fingerprint density at radius 1 is 1.22 bits per heavy atom. The van der Waals surface area contributed by atoms with E-state index >= 15 is 0 Å². The van der Waals surface area contributed by atoms with Crippen LogP contribution in [0.3, 0.4) is 0 Å². The summed E-state index contributed by atoms with van der Waals surface area (Å²) in [7, 11) is 0. The van der Waals surface area contributed by atoms with E-state index in [0.717, 1.165) is 43.9 Å². The monoisotopic (exact) mass is 309 g/mol. The molecule has 7 nitrogen and oxygen atoms in total. The second kappa shape index (κ2) is 7.01. The minimum absolute atomic E-state index is 0.294. The quantitative estimate of drug-likeness (QED) is 0.920. The Morgan fingerprint density at radius 3 is 2.74 bits per heavy atom. The number of nitriles is 1. The molecule has 23 heavy (non-hydrogen) atoms. The predicted molar refractivity (Wildman–Crippen MR) is 87.0 cm³/mol. The molecule has 7 heteroatoms. The van der Waals surface area contributed by atoms with E-state index in [1.54, 1.807) is 12.5 Å². The molecule has 0 aromatic carbocycles. The van der Waals surface area contributed by atoms with E-state index in [1.807, 2.05) is 0 Å². The highest BCUT2D eigenvalue weighted by atomic mass is 15.2. The lowest BCUT2D eigenvalue weighted by Crippen LogP contribution is -2.39. The molecule has 1 saturated heterocycles. The highest BCUT2D eigenvalue weighted by molar-refractivity contribution is 5.48. The molecule has 118 valence electrons. The molecular formula is C16H19N7. The van der Waals surface area contributed by atoms with E-state index in [4.69, 9.17) is 5.26 Å². The molecule has 0 atom stereocenters. The number of nitrogens with zero attached hydrogens (tertiary/aromatic N) is 6. The molecule has 2 aromatic rings. The predicted octanol–water partition coefficient (Wildman–Crippen LogP) is 1.78. The molecule has 0 amide bonds. The van der Waals surface area contributed by atoms with E-state index in [0.29, 0.717) is 17.6 Å². The van der Waals surface area contributed by atoms with Crippen LogP contribution < -0.4 is 10.2 Å². The fraction of sp³-hybridized carbons (Fsp3) is 0.438. The Balaban J connectivity index is 1.61. The summed E-state index contributed by atoms with van der Waals surface area (Å²) in [5, 5.41) is 12.4. The number of nitrogens with one attached hydrogen (secondary N) is 1. The van der Waals surface area contributed by atoms with E-state index in [1.165, 1.54) is 6.20 Å². The van der Waals surface area contributed by atoms with Crippen LogP contribution in [0.5, 0.6) is 0 Å². The Bertz CT molecular complexity index is 702. The molecule has 1 aliphatic rings. The molecule has 2 aromatic heterocycles. The molecule has 0 unspecified atom stereocenters. The van der Waals surface area contributed by atoms with Crippen molar-refractivity contribution in [2.24, 2.45) is 0 Å². The summed E-state index contributed by atoms with van der Waals surface area (Å²) in [6.45, 7) is 3.93. The van der Waals surface area contributed by atoms with Gasteiger partial charge in [0, 0.05) is 43.3 Å². The van der Waals surface area contributed by atoms with E-state index < -0.39 is 0 Å². The molecule has 3 rings (SSSR count). The second-order valence-electron chi connectivity index (χ2n) is 5.49. The zero-order valence-corrected chi connectivity index (χ0v) is 13.1. The van der Waals surface area contributed by atoms with Gasteiger partial charge in [0.1, 0.15) is 18.2 Å². The van der Waals surface area contributed by atoms with Gasteiger partial charge in [-0.25, -0.2) is 19.9 Å². The van der Waals surface area contributed by atoms with Crippen molar-refractivity contribution in [1.29, 1.82) is 5.26 Å². The maximum Gasteiger partial charge on any atom is 0.182 e. The number of aromatic nitrogens is 4. The van der Waals surface area contributed by atoms with Crippen LogP contribution in [0.15, 0.2) is 24.8 Å². The summed E-state index contributed by atoms with van der Waals surface area (Å²) in [5.74, 6) is 1.57. The molecule has 0 aliphatic carbocycles. The van der Waals surface area contributed by atoms with Crippen molar-refractivity contribution in [3.8, 4) is 6.07 Å². The first-order chi connectivity index (χ1) is 11.3. The average molecular weight is 309 g/mol. The zero-order valence-electron chi connectivity index (χ0n) is 13.1. The van der Waals surface area contributed by atoms with Crippen LogP contribution in [0.4, 0.5) is 11.6 Å². The van der Waals surface area contributed by atoms with Gasteiger partial charge in [0.05, 0.1) is 0 Å². The number of anilines is 2. The normalized spacial score (nSPS) is 15.2. The third kappa shape index (κ3) is 3.54. The molecule has 1 aliphatic heterocycles. The Morgan fingerprint density at radius 2 is 2.00 bits per heavy atom. The standard InChI is InChI=1S/C16H19N7/c1-2-12-9-15(21-11-20-12)23-7-3-13(4-8-23)22-16-14(10-17)18-5-6-19-16/h5-6,9,11,13H,2-4,7-8H2,1H3,(H,19,22). The van der Waals surface area contributed by atoms with Gasteiger partial charge in [-0.2, -0.15) is 5.26 Å². The fourth-order valence-corrected chi connectivity index (χ4v) is 2.72. The first-order valence-corrected chi connectivity index (χ1v) is 7.83. The van der Waals surface area contributed by atoms with Gasteiger partial charge in [-0.05, 0) is 19.3 Å². The van der Waals surface area contributed by atoms with Gasteiger partial charge < -0.3 is 10.2 Å². The van der Waals surface area contributed by atoms with Crippen LogP contribution in [0.1, 0.15) is 31.2 Å². The third-order valence-electron chi connectivity index (χ3n) is 4.04. The van der Waals surface area contributed by atoms with Gasteiger partial charge in [-0.3, -0.25) is 0 Å². The smallest absolute Gasteiger partial charge is 0.182 e. The van der Waals surface area contributed by atoms with E-state index in [2.05, 4.69) is 49.2 Å². The summed E-state index contributed by atoms with van der Waals surface area (Å²) in [6, 6.07) is 4.42. The molecule has 0 spiro atoms. The maximum atomic E-state index is 9.07. The molecule has 0 radical (unpaired) electrons. The lowest BCUT2D eigenvalue weighted by Gasteiger charge is -2.33. The van der Waals surface area contributed by atoms with Gasteiger partial charge in [0.15, 0.2) is 11.5 Å². The third-order valence-corrected chi connectivity index (χ3v) is 4.04. The SMILES string of the molecule is CCc1cc(N2CCC(Nc3nccnc3C#N)CC2)ncn1. The largest absolute Gasteiger partial charge is 0.365 e. The topological polar surface area (TPSA) is 90.6 Å². The Labute approximate surface area is 135 Å². The highest BCUT2D eigenvalue weighted by Crippen LogP contribution is 2.21. The van der Waals surface area contributed by atoms with Crippen molar-refractivity contribution < 1.29 is 0 Å². The number of rotatable bonds is 4. The number of hydrogen-bond donors (Lipinski definition) is 1. The van der Waals surface area contributed by atoms with Crippen molar-refractivity contribution >= 4 is 11.6 Å². The van der Waals surface area contributed by atoms with Crippen molar-refractivity contribution in [3.05, 3.63) is 36.2 Å². The minimum Gasteiger partial charge on any atom is -0.365 e. The van der Waals surface area contributed by atoms with Crippen LogP contribution in [0.2, 0.25) is 0 Å². The summed E-state index contributed by atoms with van der Waals surface area (Å²) in [5.41, 5.74) is 1.41. The number of hydrogen-bond acceptors (Lipinski definition) is 7. The lowest BCUT2D eigenvalue weighted by molar-refractivity contribution is 0.521. The van der Waals surface area contributed by atoms with Crippen molar-refractivity contribution in [3.63, 3.8) is 0 Å². The van der Waals surface area contributed by atoms with Gasteiger partial charge in [0.2, 0.25) is 0 Å². The van der Waals surface area contributed by atoms with Crippen LogP contribution in [0.25, 0.3) is 0 Å². The first kappa shape index (κ1) is 15.2. The van der Waals surface area contributed by atoms with Crippen LogP contribution >= 0.6 is 0 Å². The summed E-state index contributed by atoms with van der Waals surface area (Å²) in [6.07, 6.45) is 7.62. The van der Waals surface area contributed by atoms with E-state index in [-0.39, 0.29) is 0 Å². The fourth-order valence-electron chi connectivity index (χ4n) is 2.72. The number of piperidine rings is 1. The molecule has 3 heterocycles. The molecule has 1 N–H and O–H groups in total. The molecular weight excluding hydrogens is 290 g/mol. The van der Waals surface area contributed by atoms with Crippen molar-refractivity contribution in [1.82, 2.24) is 19.9 Å². The van der Waals surface area contributed by atoms with Crippen LogP contribution in [-0.2, 0) is 6.42 Å². The Kier molecular flexibility index (Phi) is 4.62. The molecule has 1 fully saturated rings. The maximum absolute atomic E-state index is 9.07. The van der Waals surface area contributed by atoms with Gasteiger partial charge >= 0.3 is 0 Å². The van der Waals surface area contributed by atoms with Gasteiger partial charge in [-0.1, -0.05) is 6.92 Å². The number of aryl methyl sites for hydroxylation is 1. The minimum atomic E-state index is 0.294. The summed E-state index contributed by atoms with van der Waals surface area (Å²) in [4.78, 5) is 19.1. The van der Waals surface area contributed by atoms with Gasteiger partial charge in [-0.15, -0.1) is 0 Å². The van der Waals surface area contributed by atoms with Crippen molar-refractivity contribution in [2.45, 2.75) is 32.2 Å². The summed E-state index contributed by atoms with van der Waals surface area (Å²) < 4.78 is 0. The van der Waals surface area contributed by atoms with E-state index in [9.17, 15) is 0 Å². The summed E-state index contributed by atoms with van der Waals surface area (Å²) >= 11 is 0. The second-order valence-corrected chi connectivity index (χ2v) is 5.49. The lowest BCUT2D eigenvalue weighted by atomic mass is 10.0. The van der Waals surface area contributed by atoms with Gasteiger partial charge in [0.25, 0.3) is 0 Å². The molecule has 0 bridgehead atoms. The van der Waals surface area contributed by atoms with Crippen LogP contribution in [-0.4, -0.2) is 39.1 Å². The molecule has 0 saturated carbocycles. The highest BCUT2D eigenvalue weighted by Gasteiger charge is 2.21. The average Bonchev–Trinajstić information content (AvgIpc) is 2.63. The first-order valence-electron chi connectivity index (χ1n) is 7.83.